The number of pyridine rings is 1. The van der Waals surface area contributed by atoms with Gasteiger partial charge in [0.2, 0.25) is 5.91 Å². The van der Waals surface area contributed by atoms with Crippen molar-refractivity contribution in [1.29, 1.82) is 0 Å². The van der Waals surface area contributed by atoms with Gasteiger partial charge in [-0.2, -0.15) is 0 Å². The van der Waals surface area contributed by atoms with E-state index in [-0.39, 0.29) is 11.8 Å². The van der Waals surface area contributed by atoms with Gasteiger partial charge in [0.25, 0.3) is 5.91 Å². The maximum atomic E-state index is 12.4. The predicted molar refractivity (Wildman–Crippen MR) is 76.2 cm³/mol. The lowest BCUT2D eigenvalue weighted by Gasteiger charge is -2.39. The van der Waals surface area contributed by atoms with Crippen LogP contribution < -0.4 is 0 Å². The highest BCUT2D eigenvalue weighted by atomic mass is 16.2. The minimum Gasteiger partial charge on any atom is -0.339 e. The fourth-order valence-corrected chi connectivity index (χ4v) is 2.49. The standard InChI is InChI=1S/C15H21N3O2/c1-11(2)10-17-8-9-18(12(3)14(17)19)15(20)13-4-6-16-7-5-13/h4-7,11-12H,8-10H2,1-3H3/t12-/m1/s1. The smallest absolute Gasteiger partial charge is 0.254 e. The zero-order valence-electron chi connectivity index (χ0n) is 12.2. The molecule has 0 aliphatic carbocycles. The van der Waals surface area contributed by atoms with Gasteiger partial charge >= 0.3 is 0 Å². The normalized spacial score (nSPS) is 19.6. The molecular weight excluding hydrogens is 254 g/mol. The summed E-state index contributed by atoms with van der Waals surface area (Å²) in [7, 11) is 0. The zero-order chi connectivity index (χ0) is 14.7. The molecule has 0 aromatic carbocycles. The number of carbonyl (C=O) groups is 2. The molecule has 5 nitrogen and oxygen atoms in total. The average molecular weight is 275 g/mol. The highest BCUT2D eigenvalue weighted by Crippen LogP contribution is 2.16. The molecular formula is C15H21N3O2. The van der Waals surface area contributed by atoms with E-state index in [0.29, 0.717) is 24.6 Å². The molecule has 5 heteroatoms. The van der Waals surface area contributed by atoms with Crippen molar-refractivity contribution in [2.24, 2.45) is 5.92 Å². The number of nitrogens with zero attached hydrogens (tertiary/aromatic N) is 3. The lowest BCUT2D eigenvalue weighted by atomic mass is 10.1. The van der Waals surface area contributed by atoms with Crippen LogP contribution in [0.3, 0.4) is 0 Å². The summed E-state index contributed by atoms with van der Waals surface area (Å²) in [5.74, 6) is 0.374. The maximum Gasteiger partial charge on any atom is 0.254 e. The van der Waals surface area contributed by atoms with Gasteiger partial charge in [0.05, 0.1) is 0 Å². The topological polar surface area (TPSA) is 53.5 Å². The van der Waals surface area contributed by atoms with Crippen molar-refractivity contribution in [2.75, 3.05) is 19.6 Å². The summed E-state index contributed by atoms with van der Waals surface area (Å²) in [4.78, 5) is 32.1. The minimum absolute atomic E-state index is 0.0346. The molecule has 2 heterocycles. The number of hydrogen-bond donors (Lipinski definition) is 0. The van der Waals surface area contributed by atoms with Crippen molar-refractivity contribution in [2.45, 2.75) is 26.8 Å². The Labute approximate surface area is 119 Å². The van der Waals surface area contributed by atoms with Gasteiger partial charge in [0.15, 0.2) is 0 Å². The van der Waals surface area contributed by atoms with Gasteiger partial charge in [-0.05, 0) is 25.0 Å². The third-order valence-corrected chi connectivity index (χ3v) is 3.52. The lowest BCUT2D eigenvalue weighted by Crippen LogP contribution is -2.58. The monoisotopic (exact) mass is 275 g/mol. The molecule has 1 aromatic heterocycles. The predicted octanol–water partition coefficient (Wildman–Crippen LogP) is 1.41. The number of hydrogen-bond acceptors (Lipinski definition) is 3. The number of rotatable bonds is 3. The second-order valence-electron chi connectivity index (χ2n) is 5.59. The van der Waals surface area contributed by atoms with E-state index >= 15 is 0 Å². The van der Waals surface area contributed by atoms with Gasteiger partial charge in [0, 0.05) is 37.6 Å². The molecule has 0 unspecified atom stereocenters. The summed E-state index contributed by atoms with van der Waals surface area (Å²) in [6, 6.07) is 2.96. The van der Waals surface area contributed by atoms with Crippen LogP contribution in [0.2, 0.25) is 0 Å². The highest BCUT2D eigenvalue weighted by Gasteiger charge is 2.34. The molecule has 0 spiro atoms. The lowest BCUT2D eigenvalue weighted by molar-refractivity contribution is -0.140. The largest absolute Gasteiger partial charge is 0.339 e. The van der Waals surface area contributed by atoms with E-state index in [9.17, 15) is 9.59 Å². The Hall–Kier alpha value is -1.91. The molecule has 108 valence electrons. The van der Waals surface area contributed by atoms with Crippen molar-refractivity contribution in [3.63, 3.8) is 0 Å². The number of aromatic nitrogens is 1. The van der Waals surface area contributed by atoms with E-state index in [1.807, 2.05) is 4.90 Å². The Bertz CT molecular complexity index is 487. The summed E-state index contributed by atoms with van der Waals surface area (Å²) in [5, 5.41) is 0. The van der Waals surface area contributed by atoms with Crippen molar-refractivity contribution in [1.82, 2.24) is 14.8 Å². The van der Waals surface area contributed by atoms with Crippen molar-refractivity contribution < 1.29 is 9.59 Å². The Morgan fingerprint density at radius 2 is 2.00 bits per heavy atom. The van der Waals surface area contributed by atoms with Gasteiger partial charge < -0.3 is 9.80 Å². The molecule has 1 atom stereocenters. The zero-order valence-corrected chi connectivity index (χ0v) is 12.2. The third-order valence-electron chi connectivity index (χ3n) is 3.52. The van der Waals surface area contributed by atoms with E-state index < -0.39 is 6.04 Å². The molecule has 20 heavy (non-hydrogen) atoms. The first-order valence-electron chi connectivity index (χ1n) is 7.00. The molecule has 0 bridgehead atoms. The van der Waals surface area contributed by atoms with Crippen LogP contribution in [0, 0.1) is 5.92 Å². The Morgan fingerprint density at radius 1 is 1.35 bits per heavy atom. The number of carbonyl (C=O) groups excluding carboxylic acids is 2. The fourth-order valence-electron chi connectivity index (χ4n) is 2.49. The van der Waals surface area contributed by atoms with E-state index in [2.05, 4.69) is 18.8 Å². The van der Waals surface area contributed by atoms with Gasteiger partial charge in [-0.3, -0.25) is 14.6 Å². The molecule has 1 saturated heterocycles. The second-order valence-corrected chi connectivity index (χ2v) is 5.59. The number of piperazine rings is 1. The first kappa shape index (κ1) is 14.5. The van der Waals surface area contributed by atoms with E-state index in [4.69, 9.17) is 0 Å². The SMILES string of the molecule is CC(C)CN1CCN(C(=O)c2ccncc2)[C@H](C)C1=O. The molecule has 1 fully saturated rings. The van der Waals surface area contributed by atoms with Gasteiger partial charge in [-0.25, -0.2) is 0 Å². The Morgan fingerprint density at radius 3 is 2.60 bits per heavy atom. The highest BCUT2D eigenvalue weighted by molar-refractivity contribution is 5.97. The first-order chi connectivity index (χ1) is 9.50. The van der Waals surface area contributed by atoms with Crippen molar-refractivity contribution in [3.05, 3.63) is 30.1 Å². The molecule has 2 rings (SSSR count). The van der Waals surface area contributed by atoms with Crippen LogP contribution in [-0.2, 0) is 4.79 Å². The Balaban J connectivity index is 2.09. The molecule has 1 aliphatic rings. The maximum absolute atomic E-state index is 12.4. The molecule has 2 amide bonds. The molecule has 0 saturated carbocycles. The average Bonchev–Trinajstić information content (AvgIpc) is 2.44. The molecule has 0 radical (unpaired) electrons. The van der Waals surface area contributed by atoms with Crippen LogP contribution in [-0.4, -0.2) is 52.3 Å². The summed E-state index contributed by atoms with van der Waals surface area (Å²) in [6.45, 7) is 7.92. The summed E-state index contributed by atoms with van der Waals surface area (Å²) in [6.07, 6.45) is 3.18. The van der Waals surface area contributed by atoms with Crippen LogP contribution in [0.15, 0.2) is 24.5 Å². The molecule has 1 aliphatic heterocycles. The summed E-state index contributed by atoms with van der Waals surface area (Å²) >= 11 is 0. The third kappa shape index (κ3) is 2.98. The molecule has 0 N–H and O–H groups in total. The molecule has 1 aromatic rings. The van der Waals surface area contributed by atoms with Crippen LogP contribution in [0.4, 0.5) is 0 Å². The summed E-state index contributed by atoms with van der Waals surface area (Å²) < 4.78 is 0. The van der Waals surface area contributed by atoms with Crippen molar-refractivity contribution in [3.8, 4) is 0 Å². The van der Waals surface area contributed by atoms with E-state index in [1.165, 1.54) is 0 Å². The van der Waals surface area contributed by atoms with Gasteiger partial charge in [0.1, 0.15) is 6.04 Å². The minimum atomic E-state index is -0.400. The van der Waals surface area contributed by atoms with Crippen LogP contribution in [0.1, 0.15) is 31.1 Å². The first-order valence-corrected chi connectivity index (χ1v) is 7.00. The van der Waals surface area contributed by atoms with Crippen LogP contribution in [0.25, 0.3) is 0 Å². The van der Waals surface area contributed by atoms with Gasteiger partial charge in [-0.15, -0.1) is 0 Å². The van der Waals surface area contributed by atoms with E-state index in [1.54, 1.807) is 36.4 Å². The van der Waals surface area contributed by atoms with Crippen LogP contribution in [0.5, 0.6) is 0 Å². The quantitative estimate of drug-likeness (QED) is 0.838. The second kappa shape index (κ2) is 6.03. The Kier molecular flexibility index (Phi) is 4.37. The van der Waals surface area contributed by atoms with E-state index in [0.717, 1.165) is 6.54 Å². The summed E-state index contributed by atoms with van der Waals surface area (Å²) in [5.41, 5.74) is 0.581. The van der Waals surface area contributed by atoms with Gasteiger partial charge in [-0.1, -0.05) is 13.8 Å². The fraction of sp³-hybridized carbons (Fsp3) is 0.533. The van der Waals surface area contributed by atoms with Crippen molar-refractivity contribution >= 4 is 11.8 Å². The number of amides is 2. The van der Waals surface area contributed by atoms with Crippen LogP contribution >= 0.6 is 0 Å².